The van der Waals surface area contributed by atoms with Gasteiger partial charge in [-0.1, -0.05) is 18.2 Å². The summed E-state index contributed by atoms with van der Waals surface area (Å²) >= 11 is 0. The highest BCUT2D eigenvalue weighted by molar-refractivity contribution is 5.92. The van der Waals surface area contributed by atoms with E-state index in [1.54, 1.807) is 24.3 Å². The van der Waals surface area contributed by atoms with Crippen molar-refractivity contribution in [1.29, 1.82) is 0 Å². The molecule has 1 heterocycles. The van der Waals surface area contributed by atoms with Crippen LogP contribution in [0.15, 0.2) is 36.4 Å². The molecule has 1 amide bonds. The van der Waals surface area contributed by atoms with Gasteiger partial charge in [0.15, 0.2) is 11.5 Å². The lowest BCUT2D eigenvalue weighted by molar-refractivity contribution is 0.0950. The Hall–Kier alpha value is -2.63. The van der Waals surface area contributed by atoms with Gasteiger partial charge in [0.2, 0.25) is 0 Å². The lowest BCUT2D eigenvalue weighted by atomic mass is 10.2. The molecule has 0 fully saturated rings. The summed E-state index contributed by atoms with van der Waals surface area (Å²) in [5.41, 5.74) is 1.09. The molecular formula is C15H18N4O2. The molecule has 110 valence electrons. The molecule has 6 heteroatoms. The Morgan fingerprint density at radius 3 is 2.62 bits per heavy atom. The van der Waals surface area contributed by atoms with Crippen molar-refractivity contribution >= 4 is 11.7 Å². The third kappa shape index (κ3) is 3.68. The van der Waals surface area contributed by atoms with Gasteiger partial charge in [-0.2, -0.15) is 0 Å². The number of hydrogen-bond acceptors (Lipinski definition) is 5. The maximum absolute atomic E-state index is 11.6. The molecule has 0 saturated carbocycles. The van der Waals surface area contributed by atoms with E-state index in [0.29, 0.717) is 18.9 Å². The Bertz CT molecular complexity index is 613. The minimum atomic E-state index is -0.236. The molecule has 2 aromatic rings. The van der Waals surface area contributed by atoms with Gasteiger partial charge in [-0.25, -0.2) is 0 Å². The van der Waals surface area contributed by atoms with Crippen LogP contribution in [0.5, 0.6) is 5.75 Å². The van der Waals surface area contributed by atoms with Gasteiger partial charge in [0, 0.05) is 25.7 Å². The normalized spacial score (nSPS) is 10.2. The predicted octanol–water partition coefficient (Wildman–Crippen LogP) is 1.57. The highest BCUT2D eigenvalue weighted by Crippen LogP contribution is 2.19. The van der Waals surface area contributed by atoms with Crippen molar-refractivity contribution in [2.75, 3.05) is 18.5 Å². The summed E-state index contributed by atoms with van der Waals surface area (Å²) in [6.45, 7) is 2.90. The van der Waals surface area contributed by atoms with E-state index in [4.69, 9.17) is 0 Å². The standard InChI is InChI=1S/C15H18N4O2/c1-3-16-15(21)12-8-9-14(18-17-12)19(2)10-11-6-4-5-7-13(11)20/h4-9,20H,3,10H2,1-2H3,(H,16,21). The molecule has 6 nitrogen and oxygen atoms in total. The second-order valence-corrected chi connectivity index (χ2v) is 4.62. The number of nitrogens with one attached hydrogen (secondary N) is 1. The average Bonchev–Trinajstić information content (AvgIpc) is 2.50. The maximum atomic E-state index is 11.6. The summed E-state index contributed by atoms with van der Waals surface area (Å²) < 4.78 is 0. The summed E-state index contributed by atoms with van der Waals surface area (Å²) in [5.74, 6) is 0.641. The molecule has 0 saturated heterocycles. The van der Waals surface area contributed by atoms with Gasteiger partial charge in [0.05, 0.1) is 0 Å². The summed E-state index contributed by atoms with van der Waals surface area (Å²) in [7, 11) is 1.85. The monoisotopic (exact) mass is 286 g/mol. The fourth-order valence-electron chi connectivity index (χ4n) is 1.88. The van der Waals surface area contributed by atoms with Gasteiger partial charge in [-0.05, 0) is 25.1 Å². The number of carbonyl (C=O) groups is 1. The molecule has 1 aromatic heterocycles. The zero-order chi connectivity index (χ0) is 15.2. The van der Waals surface area contributed by atoms with Gasteiger partial charge in [-0.15, -0.1) is 10.2 Å². The van der Waals surface area contributed by atoms with E-state index >= 15 is 0 Å². The van der Waals surface area contributed by atoms with Crippen LogP contribution in [0, 0.1) is 0 Å². The molecule has 1 aromatic carbocycles. The van der Waals surface area contributed by atoms with Gasteiger partial charge in [0.25, 0.3) is 5.91 Å². The first-order valence-corrected chi connectivity index (χ1v) is 6.71. The first-order chi connectivity index (χ1) is 10.1. The topological polar surface area (TPSA) is 78.4 Å². The van der Waals surface area contributed by atoms with E-state index < -0.39 is 0 Å². The highest BCUT2D eigenvalue weighted by atomic mass is 16.3. The minimum absolute atomic E-state index is 0.236. The molecule has 0 unspecified atom stereocenters. The molecule has 0 aliphatic rings. The van der Waals surface area contributed by atoms with E-state index in [2.05, 4.69) is 15.5 Å². The van der Waals surface area contributed by atoms with E-state index in [0.717, 1.165) is 5.56 Å². The number of nitrogens with zero attached hydrogens (tertiary/aromatic N) is 3. The Labute approximate surface area is 123 Å². The first-order valence-electron chi connectivity index (χ1n) is 6.71. The van der Waals surface area contributed by atoms with Crippen molar-refractivity contribution in [3.8, 4) is 5.75 Å². The van der Waals surface area contributed by atoms with Gasteiger partial charge < -0.3 is 15.3 Å². The molecule has 2 N–H and O–H groups in total. The van der Waals surface area contributed by atoms with Crippen LogP contribution < -0.4 is 10.2 Å². The number of para-hydroxylation sites is 1. The number of aromatic hydroxyl groups is 1. The molecule has 0 atom stereocenters. The Balaban J connectivity index is 2.08. The fourth-order valence-corrected chi connectivity index (χ4v) is 1.88. The maximum Gasteiger partial charge on any atom is 0.271 e. The van der Waals surface area contributed by atoms with E-state index in [-0.39, 0.29) is 17.4 Å². The van der Waals surface area contributed by atoms with Crippen LogP contribution >= 0.6 is 0 Å². The van der Waals surface area contributed by atoms with Crippen molar-refractivity contribution in [3.05, 3.63) is 47.7 Å². The molecule has 2 rings (SSSR count). The van der Waals surface area contributed by atoms with Crippen molar-refractivity contribution in [1.82, 2.24) is 15.5 Å². The van der Waals surface area contributed by atoms with Crippen LogP contribution in [-0.4, -0.2) is 34.8 Å². The quantitative estimate of drug-likeness (QED) is 0.872. The van der Waals surface area contributed by atoms with Crippen LogP contribution in [0.2, 0.25) is 0 Å². The molecule has 21 heavy (non-hydrogen) atoms. The second-order valence-electron chi connectivity index (χ2n) is 4.62. The molecule has 0 bridgehead atoms. The smallest absolute Gasteiger partial charge is 0.271 e. The van der Waals surface area contributed by atoms with Gasteiger partial charge in [-0.3, -0.25) is 4.79 Å². The molecule has 0 radical (unpaired) electrons. The SMILES string of the molecule is CCNC(=O)c1ccc(N(C)Cc2ccccc2O)nn1. The number of anilines is 1. The lowest BCUT2D eigenvalue weighted by Gasteiger charge is -2.18. The third-order valence-corrected chi connectivity index (χ3v) is 3.01. The molecule has 0 aliphatic carbocycles. The predicted molar refractivity (Wildman–Crippen MR) is 80.3 cm³/mol. The zero-order valence-corrected chi connectivity index (χ0v) is 12.1. The lowest BCUT2D eigenvalue weighted by Crippen LogP contribution is -2.25. The number of carbonyl (C=O) groups excluding carboxylic acids is 1. The number of rotatable bonds is 5. The molecule has 0 aliphatic heterocycles. The zero-order valence-electron chi connectivity index (χ0n) is 12.1. The highest BCUT2D eigenvalue weighted by Gasteiger charge is 2.10. The minimum Gasteiger partial charge on any atom is -0.508 e. The number of hydrogen-bond donors (Lipinski definition) is 2. The van der Waals surface area contributed by atoms with E-state index in [1.807, 2.05) is 31.0 Å². The summed E-state index contributed by atoms with van der Waals surface area (Å²) in [5, 5.41) is 20.4. The number of amides is 1. The summed E-state index contributed by atoms with van der Waals surface area (Å²) in [4.78, 5) is 13.5. The van der Waals surface area contributed by atoms with Gasteiger partial charge in [0.1, 0.15) is 5.75 Å². The Kier molecular flexibility index (Phi) is 4.71. The number of aromatic nitrogens is 2. The van der Waals surface area contributed by atoms with Crippen molar-refractivity contribution < 1.29 is 9.90 Å². The fraction of sp³-hybridized carbons (Fsp3) is 0.267. The average molecular weight is 286 g/mol. The summed E-state index contributed by atoms with van der Waals surface area (Å²) in [6, 6.07) is 10.5. The second kappa shape index (κ2) is 6.69. The van der Waals surface area contributed by atoms with Crippen molar-refractivity contribution in [3.63, 3.8) is 0 Å². The van der Waals surface area contributed by atoms with Crippen LogP contribution in [0.3, 0.4) is 0 Å². The van der Waals surface area contributed by atoms with Gasteiger partial charge >= 0.3 is 0 Å². The van der Waals surface area contributed by atoms with Crippen LogP contribution in [0.1, 0.15) is 23.0 Å². The van der Waals surface area contributed by atoms with Crippen molar-refractivity contribution in [2.45, 2.75) is 13.5 Å². The largest absolute Gasteiger partial charge is 0.508 e. The van der Waals surface area contributed by atoms with Crippen molar-refractivity contribution in [2.24, 2.45) is 0 Å². The number of benzene rings is 1. The first kappa shape index (κ1) is 14.8. The van der Waals surface area contributed by atoms with E-state index in [9.17, 15) is 9.90 Å². The number of phenolic OH excluding ortho intramolecular Hbond substituents is 1. The van der Waals surface area contributed by atoms with Crippen LogP contribution in [0.4, 0.5) is 5.82 Å². The Morgan fingerprint density at radius 1 is 1.24 bits per heavy atom. The molecule has 0 spiro atoms. The third-order valence-electron chi connectivity index (χ3n) is 3.01. The van der Waals surface area contributed by atoms with Crippen LogP contribution in [-0.2, 0) is 6.54 Å². The molecular weight excluding hydrogens is 268 g/mol. The Morgan fingerprint density at radius 2 is 2.00 bits per heavy atom. The van der Waals surface area contributed by atoms with Crippen LogP contribution in [0.25, 0.3) is 0 Å². The summed E-state index contributed by atoms with van der Waals surface area (Å²) in [6.07, 6.45) is 0. The van der Waals surface area contributed by atoms with E-state index in [1.165, 1.54) is 0 Å². The number of phenols is 1.